The molecule has 3 N–H and O–H groups in total. The number of piperidine rings is 1. The van der Waals surface area contributed by atoms with E-state index in [1.807, 2.05) is 6.92 Å². The molecule has 0 radical (unpaired) electrons. The van der Waals surface area contributed by atoms with Gasteiger partial charge in [0.25, 0.3) is 0 Å². The zero-order valence-electron chi connectivity index (χ0n) is 9.16. The SMILES string of the molecule is CCNC(=O)N1CCC(CC(N)=O)CC1. The highest BCUT2D eigenvalue weighted by molar-refractivity contribution is 5.75. The fraction of sp³-hybridized carbons (Fsp3) is 0.800. The van der Waals surface area contributed by atoms with E-state index in [0.717, 1.165) is 25.9 Å². The predicted octanol–water partition coefficient (Wildman–Crippen LogP) is 0.303. The summed E-state index contributed by atoms with van der Waals surface area (Å²) in [5.41, 5.74) is 5.13. The van der Waals surface area contributed by atoms with Crippen molar-refractivity contribution in [2.75, 3.05) is 19.6 Å². The van der Waals surface area contributed by atoms with Crippen LogP contribution in [-0.4, -0.2) is 36.5 Å². The lowest BCUT2D eigenvalue weighted by Crippen LogP contribution is -2.44. The fourth-order valence-corrected chi connectivity index (χ4v) is 1.89. The average Bonchev–Trinajstić information content (AvgIpc) is 2.18. The number of nitrogens with one attached hydrogen (secondary N) is 1. The van der Waals surface area contributed by atoms with Gasteiger partial charge in [-0.1, -0.05) is 0 Å². The van der Waals surface area contributed by atoms with E-state index in [1.165, 1.54) is 0 Å². The smallest absolute Gasteiger partial charge is 0.317 e. The van der Waals surface area contributed by atoms with Crippen molar-refractivity contribution >= 4 is 11.9 Å². The van der Waals surface area contributed by atoms with Crippen molar-refractivity contribution < 1.29 is 9.59 Å². The van der Waals surface area contributed by atoms with Crippen molar-refractivity contribution in [1.29, 1.82) is 0 Å². The van der Waals surface area contributed by atoms with Gasteiger partial charge in [0.05, 0.1) is 0 Å². The lowest BCUT2D eigenvalue weighted by Gasteiger charge is -2.31. The first-order valence-corrected chi connectivity index (χ1v) is 5.44. The second kappa shape index (κ2) is 5.58. The monoisotopic (exact) mass is 213 g/mol. The van der Waals surface area contributed by atoms with E-state index in [9.17, 15) is 9.59 Å². The normalized spacial score (nSPS) is 17.5. The Morgan fingerprint density at radius 2 is 2.00 bits per heavy atom. The largest absolute Gasteiger partial charge is 0.370 e. The Kier molecular flexibility index (Phi) is 4.39. The molecular weight excluding hydrogens is 194 g/mol. The third-order valence-corrected chi connectivity index (χ3v) is 2.72. The molecule has 0 atom stereocenters. The average molecular weight is 213 g/mol. The molecule has 0 bridgehead atoms. The van der Waals surface area contributed by atoms with Crippen LogP contribution in [0.15, 0.2) is 0 Å². The molecule has 5 nitrogen and oxygen atoms in total. The van der Waals surface area contributed by atoms with Crippen molar-refractivity contribution in [2.45, 2.75) is 26.2 Å². The van der Waals surface area contributed by atoms with Crippen LogP contribution in [0.4, 0.5) is 4.79 Å². The summed E-state index contributed by atoms with van der Waals surface area (Å²) in [6, 6.07) is -0.00461. The van der Waals surface area contributed by atoms with Gasteiger partial charge in [-0.3, -0.25) is 4.79 Å². The van der Waals surface area contributed by atoms with E-state index in [0.29, 0.717) is 18.9 Å². The molecule has 0 aliphatic carbocycles. The lowest BCUT2D eigenvalue weighted by molar-refractivity contribution is -0.119. The number of amides is 3. The highest BCUT2D eigenvalue weighted by Crippen LogP contribution is 2.19. The summed E-state index contributed by atoms with van der Waals surface area (Å²) < 4.78 is 0. The van der Waals surface area contributed by atoms with Crippen LogP contribution >= 0.6 is 0 Å². The van der Waals surface area contributed by atoms with Crippen molar-refractivity contribution in [1.82, 2.24) is 10.2 Å². The molecule has 3 amide bonds. The highest BCUT2D eigenvalue weighted by Gasteiger charge is 2.23. The maximum Gasteiger partial charge on any atom is 0.317 e. The van der Waals surface area contributed by atoms with Crippen LogP contribution in [0.2, 0.25) is 0 Å². The number of nitrogens with zero attached hydrogens (tertiary/aromatic N) is 1. The second-order valence-electron chi connectivity index (χ2n) is 3.94. The molecule has 1 saturated heterocycles. The molecule has 0 saturated carbocycles. The van der Waals surface area contributed by atoms with Gasteiger partial charge in [0.15, 0.2) is 0 Å². The molecule has 1 heterocycles. The van der Waals surface area contributed by atoms with Gasteiger partial charge in [-0.15, -0.1) is 0 Å². The van der Waals surface area contributed by atoms with E-state index in [2.05, 4.69) is 5.32 Å². The zero-order valence-corrected chi connectivity index (χ0v) is 9.16. The van der Waals surface area contributed by atoms with Gasteiger partial charge >= 0.3 is 6.03 Å². The first-order chi connectivity index (χ1) is 7.13. The maximum atomic E-state index is 11.5. The number of hydrogen-bond acceptors (Lipinski definition) is 2. The van der Waals surface area contributed by atoms with Crippen molar-refractivity contribution in [3.8, 4) is 0 Å². The number of primary amides is 1. The van der Waals surface area contributed by atoms with E-state index in [1.54, 1.807) is 4.90 Å². The molecule has 0 unspecified atom stereocenters. The Labute approximate surface area is 90.0 Å². The number of nitrogens with two attached hydrogens (primary N) is 1. The Bertz CT molecular complexity index is 235. The number of urea groups is 1. The number of carbonyl (C=O) groups excluding carboxylic acids is 2. The van der Waals surface area contributed by atoms with Gasteiger partial charge in [-0.2, -0.15) is 0 Å². The molecule has 1 fully saturated rings. The van der Waals surface area contributed by atoms with Crippen LogP contribution in [0, 0.1) is 5.92 Å². The fourth-order valence-electron chi connectivity index (χ4n) is 1.89. The Morgan fingerprint density at radius 1 is 1.40 bits per heavy atom. The minimum absolute atomic E-state index is 0.00461. The van der Waals surface area contributed by atoms with Gasteiger partial charge in [-0.05, 0) is 25.7 Å². The lowest BCUT2D eigenvalue weighted by atomic mass is 9.93. The summed E-state index contributed by atoms with van der Waals surface area (Å²) in [6.45, 7) is 4.01. The van der Waals surface area contributed by atoms with Crippen molar-refractivity contribution in [2.24, 2.45) is 11.7 Å². The summed E-state index contributed by atoms with van der Waals surface area (Å²) in [4.78, 5) is 24.0. The quantitative estimate of drug-likeness (QED) is 0.707. The zero-order chi connectivity index (χ0) is 11.3. The first-order valence-electron chi connectivity index (χ1n) is 5.44. The van der Waals surface area contributed by atoms with Gasteiger partial charge in [0.2, 0.25) is 5.91 Å². The van der Waals surface area contributed by atoms with E-state index < -0.39 is 0 Å². The number of hydrogen-bond donors (Lipinski definition) is 2. The van der Waals surface area contributed by atoms with E-state index in [4.69, 9.17) is 5.73 Å². The molecule has 0 aromatic rings. The van der Waals surface area contributed by atoms with Crippen LogP contribution in [0.3, 0.4) is 0 Å². The molecule has 0 aromatic heterocycles. The van der Waals surface area contributed by atoms with Crippen molar-refractivity contribution in [3.05, 3.63) is 0 Å². The Hall–Kier alpha value is -1.26. The van der Waals surface area contributed by atoms with Gasteiger partial charge in [0, 0.05) is 26.1 Å². The topological polar surface area (TPSA) is 75.4 Å². The van der Waals surface area contributed by atoms with Crippen LogP contribution in [0.1, 0.15) is 26.2 Å². The minimum Gasteiger partial charge on any atom is -0.370 e. The summed E-state index contributed by atoms with van der Waals surface area (Å²) in [5.74, 6) is 0.111. The van der Waals surface area contributed by atoms with Gasteiger partial charge in [-0.25, -0.2) is 4.79 Å². The van der Waals surface area contributed by atoms with Crippen LogP contribution in [0.25, 0.3) is 0 Å². The summed E-state index contributed by atoms with van der Waals surface area (Å²) >= 11 is 0. The van der Waals surface area contributed by atoms with E-state index in [-0.39, 0.29) is 11.9 Å². The summed E-state index contributed by atoms with van der Waals surface area (Å²) in [6.07, 6.45) is 2.20. The molecule has 86 valence electrons. The number of rotatable bonds is 3. The molecule has 0 aromatic carbocycles. The minimum atomic E-state index is -0.244. The number of likely N-dealkylation sites (tertiary alicyclic amines) is 1. The first kappa shape index (κ1) is 11.8. The molecular formula is C10H19N3O2. The van der Waals surface area contributed by atoms with Crippen LogP contribution < -0.4 is 11.1 Å². The molecule has 1 rings (SSSR count). The number of carbonyl (C=O) groups is 2. The Morgan fingerprint density at radius 3 is 2.47 bits per heavy atom. The van der Waals surface area contributed by atoms with E-state index >= 15 is 0 Å². The maximum absolute atomic E-state index is 11.5. The molecule has 15 heavy (non-hydrogen) atoms. The predicted molar refractivity (Wildman–Crippen MR) is 57.2 cm³/mol. The van der Waals surface area contributed by atoms with Gasteiger partial charge < -0.3 is 16.0 Å². The van der Waals surface area contributed by atoms with Crippen LogP contribution in [0.5, 0.6) is 0 Å². The van der Waals surface area contributed by atoms with Gasteiger partial charge in [0.1, 0.15) is 0 Å². The summed E-state index contributed by atoms with van der Waals surface area (Å²) in [5, 5.41) is 2.77. The third kappa shape index (κ3) is 3.77. The molecule has 1 aliphatic heterocycles. The van der Waals surface area contributed by atoms with Crippen LogP contribution in [-0.2, 0) is 4.79 Å². The molecule has 5 heteroatoms. The standard InChI is InChI=1S/C10H19N3O2/c1-2-12-10(15)13-5-3-8(4-6-13)7-9(11)14/h8H,2-7H2,1H3,(H2,11,14)(H,12,15). The molecule has 0 spiro atoms. The summed E-state index contributed by atoms with van der Waals surface area (Å²) in [7, 11) is 0. The highest BCUT2D eigenvalue weighted by atomic mass is 16.2. The Balaban J connectivity index is 2.29. The molecule has 1 aliphatic rings. The third-order valence-electron chi connectivity index (χ3n) is 2.72. The van der Waals surface area contributed by atoms with Crippen molar-refractivity contribution in [3.63, 3.8) is 0 Å². The second-order valence-corrected chi connectivity index (χ2v) is 3.94.